The Kier molecular flexibility index (Phi) is 3.71. The summed E-state index contributed by atoms with van der Waals surface area (Å²) in [5, 5.41) is 0. The smallest absolute Gasteiger partial charge is 0.222 e. The third-order valence-electron chi connectivity index (χ3n) is 3.73. The van der Waals surface area contributed by atoms with Crippen LogP contribution in [0.15, 0.2) is 18.2 Å². The van der Waals surface area contributed by atoms with Crippen molar-refractivity contribution in [3.8, 4) is 0 Å². The van der Waals surface area contributed by atoms with Gasteiger partial charge in [0.05, 0.1) is 6.04 Å². The van der Waals surface area contributed by atoms with Gasteiger partial charge in [-0.3, -0.25) is 4.79 Å². The number of carbonyl (C=O) groups excluding carboxylic acids is 1. The van der Waals surface area contributed by atoms with Crippen molar-refractivity contribution in [1.29, 1.82) is 0 Å². The second-order valence-corrected chi connectivity index (χ2v) is 5.43. The Balaban J connectivity index is 2.41. The second kappa shape index (κ2) is 5.11. The van der Waals surface area contributed by atoms with Gasteiger partial charge in [-0.25, -0.2) is 0 Å². The molecule has 0 aromatic heterocycles. The number of hydrogen-bond acceptors (Lipinski definition) is 2. The van der Waals surface area contributed by atoms with E-state index in [4.69, 9.17) is 5.73 Å². The first-order valence-corrected chi connectivity index (χ1v) is 6.58. The molecule has 3 nitrogen and oxygen atoms in total. The number of likely N-dealkylation sites (N-methyl/N-ethyl adjacent to an activating group) is 1. The molecule has 1 saturated heterocycles. The predicted octanol–water partition coefficient (Wildman–Crippen LogP) is 2.31. The SMILES string of the molecule is Cc1cc(C)cc(C2C(N)CCCC(=O)N2C)c1. The van der Waals surface area contributed by atoms with E-state index in [2.05, 4.69) is 32.0 Å². The minimum absolute atomic E-state index is 0.0126. The van der Waals surface area contributed by atoms with Crippen molar-refractivity contribution in [3.05, 3.63) is 34.9 Å². The molecule has 2 rings (SSSR count). The van der Waals surface area contributed by atoms with Crippen LogP contribution in [0.5, 0.6) is 0 Å². The van der Waals surface area contributed by atoms with Crippen molar-refractivity contribution in [1.82, 2.24) is 4.90 Å². The molecular formula is C15H22N2O. The van der Waals surface area contributed by atoms with E-state index in [1.54, 1.807) is 0 Å². The highest BCUT2D eigenvalue weighted by atomic mass is 16.2. The van der Waals surface area contributed by atoms with Crippen LogP contribution in [-0.4, -0.2) is 23.9 Å². The fraction of sp³-hybridized carbons (Fsp3) is 0.533. The van der Waals surface area contributed by atoms with E-state index in [9.17, 15) is 4.79 Å². The molecule has 0 aliphatic carbocycles. The zero-order valence-corrected chi connectivity index (χ0v) is 11.4. The zero-order valence-electron chi connectivity index (χ0n) is 11.4. The van der Waals surface area contributed by atoms with E-state index in [1.807, 2.05) is 11.9 Å². The Labute approximate surface area is 109 Å². The molecule has 1 aromatic carbocycles. The van der Waals surface area contributed by atoms with E-state index in [0.29, 0.717) is 6.42 Å². The third kappa shape index (κ3) is 2.56. The number of carbonyl (C=O) groups is 1. The van der Waals surface area contributed by atoms with E-state index in [1.165, 1.54) is 11.1 Å². The minimum atomic E-state index is 0.0126. The van der Waals surface area contributed by atoms with Gasteiger partial charge >= 0.3 is 0 Å². The number of nitrogens with two attached hydrogens (primary N) is 1. The summed E-state index contributed by atoms with van der Waals surface area (Å²) in [6.45, 7) is 4.17. The van der Waals surface area contributed by atoms with E-state index in [-0.39, 0.29) is 18.0 Å². The lowest BCUT2D eigenvalue weighted by Gasteiger charge is -2.31. The zero-order chi connectivity index (χ0) is 13.3. The van der Waals surface area contributed by atoms with Crippen LogP contribution >= 0.6 is 0 Å². The summed E-state index contributed by atoms with van der Waals surface area (Å²) < 4.78 is 0. The largest absolute Gasteiger partial charge is 0.337 e. The van der Waals surface area contributed by atoms with Gasteiger partial charge in [0.2, 0.25) is 5.91 Å². The minimum Gasteiger partial charge on any atom is -0.337 e. The Morgan fingerprint density at radius 2 is 1.83 bits per heavy atom. The van der Waals surface area contributed by atoms with Crippen molar-refractivity contribution >= 4 is 5.91 Å². The quantitative estimate of drug-likeness (QED) is 0.826. The highest BCUT2D eigenvalue weighted by Crippen LogP contribution is 2.29. The summed E-state index contributed by atoms with van der Waals surface area (Å²) in [6.07, 6.45) is 2.42. The van der Waals surface area contributed by atoms with Gasteiger partial charge in [-0.15, -0.1) is 0 Å². The fourth-order valence-electron chi connectivity index (χ4n) is 2.92. The molecule has 1 aromatic rings. The van der Waals surface area contributed by atoms with E-state index in [0.717, 1.165) is 18.4 Å². The van der Waals surface area contributed by atoms with Crippen molar-refractivity contribution in [3.63, 3.8) is 0 Å². The summed E-state index contributed by atoms with van der Waals surface area (Å²) >= 11 is 0. The van der Waals surface area contributed by atoms with Gasteiger partial charge in [0.25, 0.3) is 0 Å². The summed E-state index contributed by atoms with van der Waals surface area (Å²) in [4.78, 5) is 13.8. The maximum atomic E-state index is 12.0. The molecule has 2 N–H and O–H groups in total. The topological polar surface area (TPSA) is 46.3 Å². The van der Waals surface area contributed by atoms with Gasteiger partial charge in [-0.2, -0.15) is 0 Å². The van der Waals surface area contributed by atoms with E-state index >= 15 is 0 Å². The van der Waals surface area contributed by atoms with Crippen LogP contribution < -0.4 is 5.73 Å². The first-order chi connectivity index (χ1) is 8.49. The molecule has 1 fully saturated rings. The number of benzene rings is 1. The molecular weight excluding hydrogens is 224 g/mol. The lowest BCUT2D eigenvalue weighted by molar-refractivity contribution is -0.131. The summed E-state index contributed by atoms with van der Waals surface area (Å²) in [5.41, 5.74) is 9.88. The molecule has 1 aliphatic rings. The lowest BCUT2D eigenvalue weighted by atomic mass is 9.94. The molecule has 0 saturated carbocycles. The number of aryl methyl sites for hydroxylation is 2. The molecule has 1 heterocycles. The van der Waals surface area contributed by atoms with Gasteiger partial charge in [0, 0.05) is 19.5 Å². The molecule has 0 bridgehead atoms. The van der Waals surface area contributed by atoms with Crippen molar-refractivity contribution in [2.75, 3.05) is 7.05 Å². The van der Waals surface area contributed by atoms with Gasteiger partial charge in [-0.1, -0.05) is 29.3 Å². The van der Waals surface area contributed by atoms with Gasteiger partial charge < -0.3 is 10.6 Å². The van der Waals surface area contributed by atoms with E-state index < -0.39 is 0 Å². The maximum absolute atomic E-state index is 12.0. The first kappa shape index (κ1) is 13.1. The van der Waals surface area contributed by atoms with Crippen LogP contribution in [0.25, 0.3) is 0 Å². The Morgan fingerprint density at radius 3 is 2.44 bits per heavy atom. The second-order valence-electron chi connectivity index (χ2n) is 5.43. The van der Waals surface area contributed by atoms with Crippen molar-refractivity contribution in [2.45, 2.75) is 45.2 Å². The maximum Gasteiger partial charge on any atom is 0.222 e. The predicted molar refractivity (Wildman–Crippen MR) is 73.3 cm³/mol. The summed E-state index contributed by atoms with van der Waals surface area (Å²) in [7, 11) is 1.87. The Morgan fingerprint density at radius 1 is 1.22 bits per heavy atom. The number of hydrogen-bond donors (Lipinski definition) is 1. The number of rotatable bonds is 1. The fourth-order valence-corrected chi connectivity index (χ4v) is 2.92. The monoisotopic (exact) mass is 246 g/mol. The van der Waals surface area contributed by atoms with Crippen LogP contribution in [0.3, 0.4) is 0 Å². The van der Waals surface area contributed by atoms with Gasteiger partial charge in [0.1, 0.15) is 0 Å². The molecule has 1 amide bonds. The number of amides is 1. The highest BCUT2D eigenvalue weighted by Gasteiger charge is 2.30. The number of nitrogens with zero attached hydrogens (tertiary/aromatic N) is 1. The summed E-state index contributed by atoms with van der Waals surface area (Å²) in [5.74, 6) is 0.201. The molecule has 1 aliphatic heterocycles. The van der Waals surface area contributed by atoms with Crippen LogP contribution in [0.4, 0.5) is 0 Å². The molecule has 2 atom stereocenters. The standard InChI is InChI=1S/C15H22N2O/c1-10-7-11(2)9-12(8-10)15-13(16)5-4-6-14(18)17(15)3/h7-9,13,15H,4-6,16H2,1-3H3. The summed E-state index contributed by atoms with van der Waals surface area (Å²) in [6, 6.07) is 6.48. The third-order valence-corrected chi connectivity index (χ3v) is 3.73. The average Bonchev–Trinajstić information content (AvgIpc) is 2.38. The highest BCUT2D eigenvalue weighted by molar-refractivity contribution is 5.76. The molecule has 98 valence electrons. The molecule has 3 heteroatoms. The Hall–Kier alpha value is -1.35. The Bertz CT molecular complexity index is 436. The number of likely N-dealkylation sites (tertiary alicyclic amines) is 1. The molecule has 0 spiro atoms. The van der Waals surface area contributed by atoms with Gasteiger partial charge in [0.15, 0.2) is 0 Å². The normalized spacial score (nSPS) is 25.1. The van der Waals surface area contributed by atoms with Crippen molar-refractivity contribution < 1.29 is 4.79 Å². The van der Waals surface area contributed by atoms with Crippen LogP contribution in [0.1, 0.15) is 42.0 Å². The van der Waals surface area contributed by atoms with Gasteiger partial charge in [-0.05, 0) is 32.3 Å². The van der Waals surface area contributed by atoms with Crippen LogP contribution in [0.2, 0.25) is 0 Å². The van der Waals surface area contributed by atoms with Crippen LogP contribution in [-0.2, 0) is 4.79 Å². The lowest BCUT2D eigenvalue weighted by Crippen LogP contribution is -2.39. The average molecular weight is 246 g/mol. The molecule has 2 unspecified atom stereocenters. The molecule has 0 radical (unpaired) electrons. The molecule has 18 heavy (non-hydrogen) atoms. The first-order valence-electron chi connectivity index (χ1n) is 6.58. The van der Waals surface area contributed by atoms with Crippen LogP contribution in [0, 0.1) is 13.8 Å². The van der Waals surface area contributed by atoms with Crippen molar-refractivity contribution in [2.24, 2.45) is 5.73 Å².